The van der Waals surface area contributed by atoms with Crippen LogP contribution >= 0.6 is 27.7 Å². The normalized spacial score (nSPS) is 16.9. The van der Waals surface area contributed by atoms with Crippen molar-refractivity contribution in [3.63, 3.8) is 0 Å². The molecule has 1 aliphatic heterocycles. The average molecular weight is 357 g/mol. The van der Waals surface area contributed by atoms with E-state index in [9.17, 15) is 4.79 Å². The molecule has 2 N–H and O–H groups in total. The first kappa shape index (κ1) is 15.9. The zero-order valence-corrected chi connectivity index (χ0v) is 14.3. The number of piperidine rings is 1. The molecular formula is C15H21BrN2OS. The predicted octanol–water partition coefficient (Wildman–Crippen LogP) is 3.19. The molecule has 0 aromatic heterocycles. The third-order valence-corrected chi connectivity index (χ3v) is 5.14. The summed E-state index contributed by atoms with van der Waals surface area (Å²) in [5.74, 6) is 0.123. The topological polar surface area (TPSA) is 41.1 Å². The van der Waals surface area contributed by atoms with Gasteiger partial charge in [0.25, 0.3) is 0 Å². The van der Waals surface area contributed by atoms with Gasteiger partial charge < -0.3 is 10.6 Å². The van der Waals surface area contributed by atoms with Crippen molar-refractivity contribution in [3.05, 3.63) is 28.7 Å². The van der Waals surface area contributed by atoms with Crippen LogP contribution in [0.5, 0.6) is 0 Å². The van der Waals surface area contributed by atoms with Gasteiger partial charge in [0.15, 0.2) is 0 Å². The number of thioether (sulfide) groups is 1. The van der Waals surface area contributed by atoms with Gasteiger partial charge in [-0.05, 0) is 64.0 Å². The van der Waals surface area contributed by atoms with E-state index in [1.165, 1.54) is 0 Å². The van der Waals surface area contributed by atoms with Crippen LogP contribution < -0.4 is 10.6 Å². The molecule has 1 amide bonds. The molecule has 0 saturated carbocycles. The molecule has 0 aliphatic carbocycles. The summed E-state index contributed by atoms with van der Waals surface area (Å²) < 4.78 is 0.595. The van der Waals surface area contributed by atoms with Gasteiger partial charge in [0.1, 0.15) is 0 Å². The van der Waals surface area contributed by atoms with E-state index >= 15 is 0 Å². The Morgan fingerprint density at radius 3 is 2.50 bits per heavy atom. The van der Waals surface area contributed by atoms with Crippen molar-refractivity contribution < 1.29 is 4.79 Å². The molecule has 2 rings (SSSR count). The molecule has 0 spiro atoms. The number of hydrogen-bond acceptors (Lipinski definition) is 3. The van der Waals surface area contributed by atoms with Crippen LogP contribution in [0, 0.1) is 0 Å². The maximum atomic E-state index is 12.4. The van der Waals surface area contributed by atoms with E-state index in [1.807, 2.05) is 38.1 Å². The van der Waals surface area contributed by atoms with Crippen molar-refractivity contribution >= 4 is 33.6 Å². The molecule has 1 aromatic rings. The molecule has 1 heterocycles. The molecular weight excluding hydrogens is 336 g/mol. The van der Waals surface area contributed by atoms with Crippen LogP contribution in [0.3, 0.4) is 0 Å². The Morgan fingerprint density at radius 1 is 1.30 bits per heavy atom. The lowest BCUT2D eigenvalue weighted by atomic mass is 10.1. The zero-order valence-electron chi connectivity index (χ0n) is 11.9. The van der Waals surface area contributed by atoms with E-state index in [4.69, 9.17) is 0 Å². The maximum Gasteiger partial charge on any atom is 0.236 e. The van der Waals surface area contributed by atoms with Crippen molar-refractivity contribution in [1.29, 1.82) is 0 Å². The Bertz CT molecular complexity index is 455. The minimum Gasteiger partial charge on any atom is -0.352 e. The van der Waals surface area contributed by atoms with E-state index in [1.54, 1.807) is 11.8 Å². The van der Waals surface area contributed by atoms with Gasteiger partial charge in [-0.25, -0.2) is 0 Å². The summed E-state index contributed by atoms with van der Waals surface area (Å²) >= 11 is 5.03. The van der Waals surface area contributed by atoms with E-state index < -0.39 is 4.75 Å². The van der Waals surface area contributed by atoms with Crippen LogP contribution in [0.1, 0.15) is 26.7 Å². The molecule has 110 valence electrons. The molecule has 0 atom stereocenters. The summed E-state index contributed by atoms with van der Waals surface area (Å²) in [6.45, 7) is 5.95. The molecule has 0 radical (unpaired) electrons. The summed E-state index contributed by atoms with van der Waals surface area (Å²) in [6.07, 6.45) is 2.04. The molecule has 1 aromatic carbocycles. The van der Waals surface area contributed by atoms with Gasteiger partial charge in [-0.15, -0.1) is 11.8 Å². The Labute approximate surface area is 133 Å². The molecule has 0 unspecified atom stereocenters. The van der Waals surface area contributed by atoms with Crippen LogP contribution in [0.2, 0.25) is 0 Å². The van der Waals surface area contributed by atoms with Gasteiger partial charge in [0, 0.05) is 15.4 Å². The maximum absolute atomic E-state index is 12.4. The average Bonchev–Trinajstić information content (AvgIpc) is 2.42. The summed E-state index contributed by atoms with van der Waals surface area (Å²) in [6, 6.07) is 8.39. The lowest BCUT2D eigenvalue weighted by Crippen LogP contribution is -2.48. The number of amides is 1. The number of benzene rings is 1. The fraction of sp³-hybridized carbons (Fsp3) is 0.533. The SMILES string of the molecule is CC(C)(Sc1ccc(Br)cc1)C(=O)NC1CCNCC1. The fourth-order valence-electron chi connectivity index (χ4n) is 2.17. The first-order valence-electron chi connectivity index (χ1n) is 6.94. The van der Waals surface area contributed by atoms with Crippen LogP contribution in [0.25, 0.3) is 0 Å². The minimum atomic E-state index is -0.460. The monoisotopic (exact) mass is 356 g/mol. The summed E-state index contributed by atoms with van der Waals surface area (Å²) in [7, 11) is 0. The van der Waals surface area contributed by atoms with Crippen LogP contribution in [0.4, 0.5) is 0 Å². The molecule has 1 fully saturated rings. The Hall–Kier alpha value is -0.520. The second-order valence-electron chi connectivity index (χ2n) is 5.56. The highest BCUT2D eigenvalue weighted by Gasteiger charge is 2.30. The number of carbonyl (C=O) groups excluding carboxylic acids is 1. The molecule has 20 heavy (non-hydrogen) atoms. The first-order chi connectivity index (χ1) is 9.47. The standard InChI is InChI=1S/C15H21BrN2OS/c1-15(2,20-13-5-3-11(16)4-6-13)14(19)18-12-7-9-17-10-8-12/h3-6,12,17H,7-10H2,1-2H3,(H,18,19). The number of rotatable bonds is 4. The molecule has 1 saturated heterocycles. The van der Waals surface area contributed by atoms with Crippen molar-refractivity contribution in [2.75, 3.05) is 13.1 Å². The molecule has 0 bridgehead atoms. The summed E-state index contributed by atoms with van der Waals surface area (Å²) in [4.78, 5) is 13.6. The Kier molecular flexibility index (Phi) is 5.52. The highest BCUT2D eigenvalue weighted by atomic mass is 79.9. The zero-order chi connectivity index (χ0) is 14.6. The number of carbonyl (C=O) groups is 1. The third-order valence-electron chi connectivity index (χ3n) is 3.41. The van der Waals surface area contributed by atoms with E-state index in [0.29, 0.717) is 6.04 Å². The van der Waals surface area contributed by atoms with Gasteiger partial charge >= 0.3 is 0 Å². The number of hydrogen-bond donors (Lipinski definition) is 2. The summed E-state index contributed by atoms with van der Waals surface area (Å²) in [5, 5.41) is 6.49. The largest absolute Gasteiger partial charge is 0.352 e. The van der Waals surface area contributed by atoms with Crippen molar-refractivity contribution in [1.82, 2.24) is 10.6 Å². The minimum absolute atomic E-state index is 0.123. The number of halogens is 1. The smallest absolute Gasteiger partial charge is 0.236 e. The molecule has 5 heteroatoms. The van der Waals surface area contributed by atoms with Crippen LogP contribution in [0.15, 0.2) is 33.6 Å². The first-order valence-corrected chi connectivity index (χ1v) is 8.54. The van der Waals surface area contributed by atoms with Crippen molar-refractivity contribution in [2.45, 2.75) is 42.4 Å². The number of nitrogens with one attached hydrogen (secondary N) is 2. The molecule has 3 nitrogen and oxygen atoms in total. The predicted molar refractivity (Wildman–Crippen MR) is 88.1 cm³/mol. The lowest BCUT2D eigenvalue weighted by molar-refractivity contribution is -0.123. The van der Waals surface area contributed by atoms with Crippen LogP contribution in [-0.2, 0) is 4.79 Å². The van der Waals surface area contributed by atoms with E-state index in [0.717, 1.165) is 35.3 Å². The second-order valence-corrected chi connectivity index (χ2v) is 8.18. The van der Waals surface area contributed by atoms with Gasteiger partial charge in [0.2, 0.25) is 5.91 Å². The Morgan fingerprint density at radius 2 is 1.90 bits per heavy atom. The molecule has 1 aliphatic rings. The second kappa shape index (κ2) is 6.96. The fourth-order valence-corrected chi connectivity index (χ4v) is 3.45. The van der Waals surface area contributed by atoms with Gasteiger partial charge in [-0.1, -0.05) is 15.9 Å². The van der Waals surface area contributed by atoms with Crippen LogP contribution in [-0.4, -0.2) is 29.8 Å². The van der Waals surface area contributed by atoms with E-state index in [2.05, 4.69) is 26.6 Å². The quantitative estimate of drug-likeness (QED) is 0.814. The third kappa shape index (κ3) is 4.50. The van der Waals surface area contributed by atoms with Crippen molar-refractivity contribution in [3.8, 4) is 0 Å². The van der Waals surface area contributed by atoms with E-state index in [-0.39, 0.29) is 5.91 Å². The highest BCUT2D eigenvalue weighted by Crippen LogP contribution is 2.33. The van der Waals surface area contributed by atoms with Gasteiger partial charge in [-0.3, -0.25) is 4.79 Å². The lowest BCUT2D eigenvalue weighted by Gasteiger charge is -2.29. The summed E-state index contributed by atoms with van der Waals surface area (Å²) in [5.41, 5.74) is 0. The Balaban J connectivity index is 1.94. The highest BCUT2D eigenvalue weighted by molar-refractivity contribution is 9.10. The van der Waals surface area contributed by atoms with Gasteiger partial charge in [-0.2, -0.15) is 0 Å². The van der Waals surface area contributed by atoms with Gasteiger partial charge in [0.05, 0.1) is 4.75 Å². The van der Waals surface area contributed by atoms with Crippen molar-refractivity contribution in [2.24, 2.45) is 0 Å².